The predicted octanol–water partition coefficient (Wildman–Crippen LogP) is -0.384. The van der Waals surface area contributed by atoms with Crippen LogP contribution in [0.15, 0.2) is 23.1 Å². The molecular weight excluding hydrogens is 285 g/mol. The molecule has 1 heterocycles. The number of rotatable bonds is 1. The summed E-state index contributed by atoms with van der Waals surface area (Å²) >= 11 is -2.38. The molecule has 1 unspecified atom stereocenters. The zero-order chi connectivity index (χ0) is 14.9. The Labute approximate surface area is 139 Å². The molecule has 1 aliphatic heterocycles. The molecule has 1 aliphatic rings. The molecule has 0 radical (unpaired) electrons. The number of benzene rings is 1. The van der Waals surface area contributed by atoms with E-state index in [0.29, 0.717) is 12.2 Å². The average Bonchev–Trinajstić information content (AvgIpc) is 2.35. The first-order valence-electron chi connectivity index (χ1n) is 6.51. The number of ether oxygens (including phenoxy) is 1. The summed E-state index contributed by atoms with van der Waals surface area (Å²) in [4.78, 5) is 13.8. The Hall–Kier alpha value is -0.803. The van der Waals surface area contributed by atoms with Crippen LogP contribution in [0.1, 0.15) is 32.8 Å². The van der Waals surface area contributed by atoms with Gasteiger partial charge in [0, 0.05) is 11.4 Å². The summed E-state index contributed by atoms with van der Waals surface area (Å²) in [6.07, 6.45) is 1.05. The molecule has 0 bridgehead atoms. The van der Waals surface area contributed by atoms with Crippen LogP contribution in [-0.2, 0) is 22.2 Å². The normalized spacial score (nSPS) is 15.7. The van der Waals surface area contributed by atoms with Crippen molar-refractivity contribution < 1.29 is 37.2 Å². The summed E-state index contributed by atoms with van der Waals surface area (Å²) in [7, 11) is 0. The number of fused-ring (bicyclic) bond motifs is 1. The van der Waals surface area contributed by atoms with Crippen LogP contribution in [0.5, 0.6) is 0 Å². The molecule has 110 valence electrons. The van der Waals surface area contributed by atoms with Gasteiger partial charge in [0.05, 0.1) is 5.69 Å². The molecule has 1 amide bonds. The second kappa shape index (κ2) is 6.97. The molecule has 0 aliphatic carbocycles. The number of para-hydroxylation sites is 1. The fraction of sp³-hybridized carbons (Fsp3) is 0.500. The molecule has 2 rings (SSSR count). The standard InChI is InChI=1S/C14H19NO4S.Li/c1-14(2,3)19-13(16)15-9-5-7-10-6-4-8-11(12(10)15)20(17)18;/h4,6,8H,5,7,9H2,1-3H3,(H,17,18);/q;+1/p-1. The number of hydrogen-bond donors (Lipinski definition) is 0. The van der Waals surface area contributed by atoms with E-state index in [1.165, 1.54) is 11.0 Å². The largest absolute Gasteiger partial charge is 1.00 e. The van der Waals surface area contributed by atoms with Crippen LogP contribution in [0.2, 0.25) is 0 Å². The van der Waals surface area contributed by atoms with Gasteiger partial charge in [-0.1, -0.05) is 12.1 Å². The van der Waals surface area contributed by atoms with Crippen LogP contribution in [-0.4, -0.2) is 27.0 Å². The van der Waals surface area contributed by atoms with Crippen LogP contribution in [0.25, 0.3) is 0 Å². The zero-order valence-electron chi connectivity index (χ0n) is 12.8. The Bertz CT molecular complexity index is 556. The molecule has 7 heteroatoms. The monoisotopic (exact) mass is 303 g/mol. The van der Waals surface area contributed by atoms with E-state index in [4.69, 9.17) is 4.74 Å². The molecule has 0 spiro atoms. The maximum Gasteiger partial charge on any atom is 1.00 e. The van der Waals surface area contributed by atoms with Crippen molar-refractivity contribution in [1.82, 2.24) is 0 Å². The maximum atomic E-state index is 12.3. The summed E-state index contributed by atoms with van der Waals surface area (Å²) < 4.78 is 28.0. The van der Waals surface area contributed by atoms with Crippen molar-refractivity contribution in [3.63, 3.8) is 0 Å². The van der Waals surface area contributed by atoms with Crippen LogP contribution in [0.3, 0.4) is 0 Å². The Kier molecular flexibility index (Phi) is 6.06. The number of hydrogen-bond acceptors (Lipinski definition) is 4. The molecule has 0 saturated heterocycles. The second-order valence-electron chi connectivity index (χ2n) is 5.73. The minimum Gasteiger partial charge on any atom is -0.768 e. The van der Waals surface area contributed by atoms with Gasteiger partial charge in [-0.25, -0.2) is 4.79 Å². The number of carbonyl (C=O) groups excluding carboxylic acids is 1. The molecule has 0 N–H and O–H groups in total. The van der Waals surface area contributed by atoms with Gasteiger partial charge in [-0.3, -0.25) is 9.11 Å². The first kappa shape index (κ1) is 18.2. The van der Waals surface area contributed by atoms with E-state index in [-0.39, 0.29) is 23.8 Å². The first-order valence-corrected chi connectivity index (χ1v) is 7.59. The molecule has 21 heavy (non-hydrogen) atoms. The second-order valence-corrected chi connectivity index (χ2v) is 6.64. The van der Waals surface area contributed by atoms with E-state index in [0.717, 1.165) is 18.4 Å². The average molecular weight is 303 g/mol. The van der Waals surface area contributed by atoms with Gasteiger partial charge in [0.1, 0.15) is 5.60 Å². The van der Waals surface area contributed by atoms with Gasteiger partial charge in [0.25, 0.3) is 0 Å². The maximum absolute atomic E-state index is 12.3. The summed E-state index contributed by atoms with van der Waals surface area (Å²) in [5.74, 6) is 0. The van der Waals surface area contributed by atoms with Crippen LogP contribution >= 0.6 is 0 Å². The molecular formula is C14H18LiNO4S. The molecule has 5 nitrogen and oxygen atoms in total. The van der Waals surface area contributed by atoms with E-state index >= 15 is 0 Å². The fourth-order valence-corrected chi connectivity index (χ4v) is 2.84. The quantitative estimate of drug-likeness (QED) is 0.524. The molecule has 0 saturated carbocycles. The minimum absolute atomic E-state index is 0. The van der Waals surface area contributed by atoms with Crippen LogP contribution in [0, 0.1) is 0 Å². The summed E-state index contributed by atoms with van der Waals surface area (Å²) in [5, 5.41) is 0. The third kappa shape index (κ3) is 4.33. The van der Waals surface area contributed by atoms with E-state index in [9.17, 15) is 13.6 Å². The van der Waals surface area contributed by atoms with Crippen molar-refractivity contribution in [2.45, 2.75) is 44.1 Å². The van der Waals surface area contributed by atoms with Gasteiger partial charge >= 0.3 is 25.0 Å². The van der Waals surface area contributed by atoms with Crippen LogP contribution in [0.4, 0.5) is 10.5 Å². The smallest absolute Gasteiger partial charge is 0.768 e. The van der Waals surface area contributed by atoms with E-state index in [2.05, 4.69) is 0 Å². The molecule has 0 fully saturated rings. The van der Waals surface area contributed by atoms with Crippen molar-refractivity contribution in [1.29, 1.82) is 0 Å². The van der Waals surface area contributed by atoms with Crippen molar-refractivity contribution in [2.24, 2.45) is 0 Å². The third-order valence-electron chi connectivity index (χ3n) is 2.97. The third-order valence-corrected chi connectivity index (χ3v) is 3.66. The first-order chi connectivity index (χ1) is 9.29. The number of amides is 1. The number of nitrogens with zero attached hydrogens (tertiary/aromatic N) is 1. The van der Waals surface area contributed by atoms with Gasteiger partial charge in [-0.05, 0) is 56.3 Å². The van der Waals surface area contributed by atoms with Gasteiger partial charge in [0.15, 0.2) is 0 Å². The summed E-state index contributed by atoms with van der Waals surface area (Å²) in [6, 6.07) is 5.05. The van der Waals surface area contributed by atoms with Gasteiger partial charge < -0.3 is 9.29 Å². The summed E-state index contributed by atoms with van der Waals surface area (Å²) in [6.45, 7) is 5.82. The number of carbonyl (C=O) groups is 1. The molecule has 1 aromatic rings. The minimum atomic E-state index is -2.38. The Balaban J connectivity index is 0.00000220. The van der Waals surface area contributed by atoms with Crippen molar-refractivity contribution >= 4 is 22.9 Å². The topological polar surface area (TPSA) is 69.7 Å². The SMILES string of the molecule is CC(C)(C)OC(=O)N1CCCc2cccc(S(=O)[O-])c21.[Li+]. The van der Waals surface area contributed by atoms with E-state index in [1.54, 1.807) is 26.8 Å². The zero-order valence-corrected chi connectivity index (χ0v) is 13.7. The van der Waals surface area contributed by atoms with Crippen LogP contribution < -0.4 is 23.8 Å². The van der Waals surface area contributed by atoms with E-state index in [1.807, 2.05) is 6.07 Å². The van der Waals surface area contributed by atoms with E-state index < -0.39 is 22.8 Å². The Morgan fingerprint density at radius 1 is 1.38 bits per heavy atom. The molecule has 1 aromatic carbocycles. The van der Waals surface area contributed by atoms with Crippen molar-refractivity contribution in [3.8, 4) is 0 Å². The van der Waals surface area contributed by atoms with Gasteiger partial charge in [-0.2, -0.15) is 0 Å². The Morgan fingerprint density at radius 2 is 2.05 bits per heavy atom. The van der Waals surface area contributed by atoms with Gasteiger partial charge in [0.2, 0.25) is 0 Å². The number of aryl methyl sites for hydroxylation is 1. The van der Waals surface area contributed by atoms with Gasteiger partial charge in [-0.15, -0.1) is 0 Å². The molecule has 0 aromatic heterocycles. The fourth-order valence-electron chi connectivity index (χ4n) is 2.25. The summed E-state index contributed by atoms with van der Waals surface area (Å²) in [5.41, 5.74) is 0.713. The van der Waals surface area contributed by atoms with Crippen molar-refractivity contribution in [2.75, 3.05) is 11.4 Å². The predicted molar refractivity (Wildman–Crippen MR) is 75.5 cm³/mol. The van der Waals surface area contributed by atoms with Crippen molar-refractivity contribution in [3.05, 3.63) is 23.8 Å². The number of anilines is 1. The molecule has 1 atom stereocenters. The Morgan fingerprint density at radius 3 is 2.62 bits per heavy atom.